The average molecular weight is 344 g/mol. The van der Waals surface area contributed by atoms with Crippen LogP contribution in [0.2, 0.25) is 5.02 Å². The molecule has 24 heavy (non-hydrogen) atoms. The van der Waals surface area contributed by atoms with E-state index in [1.165, 1.54) is 0 Å². The SMILES string of the molecule is COc1ccc(/C=C2/N=C(c3cccc(Cl)c3)OC2=O)cc1OC. The van der Waals surface area contributed by atoms with Crippen LogP contribution in [0.1, 0.15) is 11.1 Å². The van der Waals surface area contributed by atoms with Crippen LogP contribution >= 0.6 is 11.6 Å². The van der Waals surface area contributed by atoms with E-state index in [4.69, 9.17) is 25.8 Å². The lowest BCUT2D eigenvalue weighted by Gasteiger charge is -2.07. The summed E-state index contributed by atoms with van der Waals surface area (Å²) < 4.78 is 15.7. The molecule has 1 aliphatic heterocycles. The first-order chi connectivity index (χ1) is 11.6. The van der Waals surface area contributed by atoms with Crippen LogP contribution in [0.4, 0.5) is 0 Å². The maximum absolute atomic E-state index is 12.0. The minimum Gasteiger partial charge on any atom is -0.493 e. The largest absolute Gasteiger partial charge is 0.493 e. The van der Waals surface area contributed by atoms with Crippen molar-refractivity contribution in [2.24, 2.45) is 4.99 Å². The van der Waals surface area contributed by atoms with E-state index in [2.05, 4.69) is 4.99 Å². The monoisotopic (exact) mass is 343 g/mol. The molecule has 0 spiro atoms. The Labute approximate surface area is 144 Å². The molecule has 122 valence electrons. The molecule has 6 heteroatoms. The van der Waals surface area contributed by atoms with Crippen molar-refractivity contribution in [2.75, 3.05) is 14.2 Å². The highest BCUT2D eigenvalue weighted by atomic mass is 35.5. The van der Waals surface area contributed by atoms with E-state index in [1.807, 2.05) is 0 Å². The van der Waals surface area contributed by atoms with Crippen LogP contribution < -0.4 is 9.47 Å². The molecule has 0 amide bonds. The molecular formula is C18H14ClNO4. The van der Waals surface area contributed by atoms with Crippen molar-refractivity contribution in [2.45, 2.75) is 0 Å². The summed E-state index contributed by atoms with van der Waals surface area (Å²) in [7, 11) is 3.11. The van der Waals surface area contributed by atoms with Crippen LogP contribution in [0.15, 0.2) is 53.2 Å². The number of carbonyl (C=O) groups is 1. The molecule has 1 aliphatic rings. The molecular weight excluding hydrogens is 330 g/mol. The second-order valence-corrected chi connectivity index (χ2v) is 5.40. The number of halogens is 1. The number of cyclic esters (lactones) is 1. The zero-order valence-electron chi connectivity index (χ0n) is 13.1. The normalized spacial score (nSPS) is 15.2. The summed E-state index contributed by atoms with van der Waals surface area (Å²) in [5.74, 6) is 0.892. The summed E-state index contributed by atoms with van der Waals surface area (Å²) in [5.41, 5.74) is 1.60. The van der Waals surface area contributed by atoms with Gasteiger partial charge in [0.2, 0.25) is 5.90 Å². The van der Waals surface area contributed by atoms with Gasteiger partial charge in [-0.3, -0.25) is 0 Å². The van der Waals surface area contributed by atoms with Crippen molar-refractivity contribution in [3.63, 3.8) is 0 Å². The van der Waals surface area contributed by atoms with Gasteiger partial charge >= 0.3 is 5.97 Å². The van der Waals surface area contributed by atoms with E-state index in [1.54, 1.807) is 62.8 Å². The van der Waals surface area contributed by atoms with Gasteiger partial charge in [0.1, 0.15) is 0 Å². The van der Waals surface area contributed by atoms with Crippen LogP contribution in [-0.2, 0) is 9.53 Å². The van der Waals surface area contributed by atoms with Crippen LogP contribution in [0.25, 0.3) is 6.08 Å². The summed E-state index contributed by atoms with van der Waals surface area (Å²) in [4.78, 5) is 16.3. The maximum Gasteiger partial charge on any atom is 0.363 e. The fraction of sp³-hybridized carbons (Fsp3) is 0.111. The Hall–Kier alpha value is -2.79. The first-order valence-electron chi connectivity index (χ1n) is 7.11. The van der Waals surface area contributed by atoms with Gasteiger partial charge in [0.25, 0.3) is 0 Å². The van der Waals surface area contributed by atoms with E-state index in [0.29, 0.717) is 22.1 Å². The Balaban J connectivity index is 1.94. The Morgan fingerprint density at radius 2 is 1.88 bits per heavy atom. The van der Waals surface area contributed by atoms with Crippen LogP contribution in [0, 0.1) is 0 Å². The third-order valence-corrected chi connectivity index (χ3v) is 3.64. The van der Waals surface area contributed by atoms with Gasteiger partial charge < -0.3 is 14.2 Å². The van der Waals surface area contributed by atoms with Gasteiger partial charge in [-0.15, -0.1) is 0 Å². The fourth-order valence-corrected chi connectivity index (χ4v) is 2.44. The predicted molar refractivity (Wildman–Crippen MR) is 91.6 cm³/mol. The average Bonchev–Trinajstić information content (AvgIpc) is 2.95. The summed E-state index contributed by atoms with van der Waals surface area (Å²) in [6.07, 6.45) is 1.63. The Bertz CT molecular complexity index is 858. The van der Waals surface area contributed by atoms with Gasteiger partial charge in [0.05, 0.1) is 14.2 Å². The third kappa shape index (κ3) is 3.26. The lowest BCUT2D eigenvalue weighted by Crippen LogP contribution is -2.05. The fourth-order valence-electron chi connectivity index (χ4n) is 2.25. The highest BCUT2D eigenvalue weighted by Crippen LogP contribution is 2.29. The highest BCUT2D eigenvalue weighted by molar-refractivity contribution is 6.31. The molecule has 3 rings (SSSR count). The lowest BCUT2D eigenvalue weighted by molar-refractivity contribution is -0.129. The van der Waals surface area contributed by atoms with Gasteiger partial charge in [-0.25, -0.2) is 9.79 Å². The van der Waals surface area contributed by atoms with Crippen molar-refractivity contribution < 1.29 is 19.0 Å². The quantitative estimate of drug-likeness (QED) is 0.627. The summed E-state index contributed by atoms with van der Waals surface area (Å²) in [6.45, 7) is 0. The minimum atomic E-state index is -0.514. The van der Waals surface area contributed by atoms with Crippen molar-refractivity contribution in [1.82, 2.24) is 0 Å². The molecule has 5 nitrogen and oxygen atoms in total. The van der Waals surface area contributed by atoms with E-state index in [0.717, 1.165) is 5.56 Å². The highest BCUT2D eigenvalue weighted by Gasteiger charge is 2.24. The molecule has 0 atom stereocenters. The number of esters is 1. The third-order valence-electron chi connectivity index (χ3n) is 3.40. The number of rotatable bonds is 4. The number of hydrogen-bond donors (Lipinski definition) is 0. The zero-order chi connectivity index (χ0) is 17.1. The van der Waals surface area contributed by atoms with Crippen molar-refractivity contribution in [3.8, 4) is 11.5 Å². The summed E-state index contributed by atoms with van der Waals surface area (Å²) in [5, 5.41) is 0.545. The van der Waals surface area contributed by atoms with Gasteiger partial charge in [0, 0.05) is 10.6 Å². The first-order valence-corrected chi connectivity index (χ1v) is 7.49. The van der Waals surface area contributed by atoms with Gasteiger partial charge in [-0.2, -0.15) is 0 Å². The number of aliphatic imine (C=N–C) groups is 1. The molecule has 0 fully saturated rings. The molecule has 1 heterocycles. The van der Waals surface area contributed by atoms with E-state index in [9.17, 15) is 4.79 Å². The summed E-state index contributed by atoms with van der Waals surface area (Å²) >= 11 is 5.95. The van der Waals surface area contributed by atoms with Gasteiger partial charge in [-0.1, -0.05) is 23.7 Å². The first kappa shape index (κ1) is 16.1. The molecule has 0 N–H and O–H groups in total. The molecule has 0 saturated carbocycles. The number of benzene rings is 2. The molecule has 0 unspecified atom stereocenters. The molecule has 0 saturated heterocycles. The molecule has 0 bridgehead atoms. The standard InChI is InChI=1S/C18H14ClNO4/c1-22-15-7-6-11(9-16(15)23-2)8-14-18(21)24-17(20-14)12-4-3-5-13(19)10-12/h3-10H,1-2H3/b14-8+. The number of methoxy groups -OCH3 is 2. The molecule has 2 aromatic rings. The van der Waals surface area contributed by atoms with Gasteiger partial charge in [-0.05, 0) is 42.0 Å². The topological polar surface area (TPSA) is 57.1 Å². The number of carbonyl (C=O) groups excluding carboxylic acids is 1. The van der Waals surface area contributed by atoms with Gasteiger partial charge in [0.15, 0.2) is 17.2 Å². The second kappa shape index (κ2) is 6.76. The Morgan fingerprint density at radius 3 is 2.58 bits per heavy atom. The Morgan fingerprint density at radius 1 is 1.08 bits per heavy atom. The van der Waals surface area contributed by atoms with E-state index < -0.39 is 5.97 Å². The lowest BCUT2D eigenvalue weighted by atomic mass is 10.1. The minimum absolute atomic E-state index is 0.206. The second-order valence-electron chi connectivity index (χ2n) is 4.96. The van der Waals surface area contributed by atoms with Crippen LogP contribution in [0.3, 0.4) is 0 Å². The summed E-state index contributed by atoms with van der Waals surface area (Å²) in [6, 6.07) is 12.3. The van der Waals surface area contributed by atoms with E-state index >= 15 is 0 Å². The smallest absolute Gasteiger partial charge is 0.363 e. The zero-order valence-corrected chi connectivity index (χ0v) is 13.8. The van der Waals surface area contributed by atoms with Crippen LogP contribution in [-0.4, -0.2) is 26.1 Å². The molecule has 0 radical (unpaired) electrons. The Kier molecular flexibility index (Phi) is 4.53. The number of hydrogen-bond acceptors (Lipinski definition) is 5. The van der Waals surface area contributed by atoms with Crippen molar-refractivity contribution in [3.05, 3.63) is 64.3 Å². The molecule has 0 aromatic heterocycles. The van der Waals surface area contributed by atoms with Crippen molar-refractivity contribution >= 4 is 29.5 Å². The van der Waals surface area contributed by atoms with Crippen LogP contribution in [0.5, 0.6) is 11.5 Å². The van der Waals surface area contributed by atoms with Crippen molar-refractivity contribution in [1.29, 1.82) is 0 Å². The maximum atomic E-state index is 12.0. The van der Waals surface area contributed by atoms with E-state index in [-0.39, 0.29) is 11.6 Å². The molecule has 2 aromatic carbocycles. The number of nitrogens with zero attached hydrogens (tertiary/aromatic N) is 1. The number of ether oxygens (including phenoxy) is 3. The molecule has 0 aliphatic carbocycles. The predicted octanol–water partition coefficient (Wildman–Crippen LogP) is 3.70.